The number of benzene rings is 3. The molecule has 2 bridgehead atoms. The topological polar surface area (TPSA) is 124 Å². The average Bonchev–Trinajstić information content (AvgIpc) is 3.71. The number of aromatic hydroxyl groups is 1. The lowest BCUT2D eigenvalue weighted by molar-refractivity contribution is -0.121. The van der Waals surface area contributed by atoms with Crippen LogP contribution in [0, 0.1) is 36.7 Å². The predicted octanol–water partition coefficient (Wildman–Crippen LogP) is 7.52. The highest BCUT2D eigenvalue weighted by Gasteiger charge is 2.41. The summed E-state index contributed by atoms with van der Waals surface area (Å²) in [6.07, 6.45) is 15.0. The van der Waals surface area contributed by atoms with Crippen molar-refractivity contribution in [3.8, 4) is 35.4 Å². The van der Waals surface area contributed by atoms with Crippen LogP contribution in [0.25, 0.3) is 32.9 Å². The largest absolute Gasteiger partial charge is 0.508 e. The van der Waals surface area contributed by atoms with Gasteiger partial charge in [0.25, 0.3) is 0 Å². The molecule has 11 nitrogen and oxygen atoms in total. The van der Waals surface area contributed by atoms with E-state index < -0.39 is 11.6 Å². The number of hydrogen-bond acceptors (Lipinski definition) is 9. The van der Waals surface area contributed by atoms with Crippen LogP contribution in [-0.2, 0) is 9.59 Å². The van der Waals surface area contributed by atoms with E-state index in [4.69, 9.17) is 16.1 Å². The fraction of sp³-hybridized carbons (Fsp3) is 0.356. The van der Waals surface area contributed by atoms with Gasteiger partial charge < -0.3 is 25.0 Å². The fourth-order valence-corrected chi connectivity index (χ4v) is 8.77. The number of amides is 2. The fourth-order valence-electron chi connectivity index (χ4n) is 8.77. The van der Waals surface area contributed by atoms with Gasteiger partial charge in [-0.15, -0.1) is 6.42 Å². The van der Waals surface area contributed by atoms with Crippen molar-refractivity contribution in [2.75, 3.05) is 43.5 Å². The standard InChI is InChI=1S/C35H36F2N6O3.C10H10FNO/c1-4-11-35(12-6-13-41(35)3)19-46-34-39-32-27(33(40-34)42-17-22-8-9-23(18-42)43(22)20-44)16-38-31(30(32)37)26-15-24(45)14-21-7-10-28(36)25(5-2)29(21)26;1-3-10(13)12-8-4-5-9(11)7(2)6-8/h2,7,10,14-16,20,22-23,45H,4,6,8-9,11-13,17-19H2,1,3H3;3-6H,1H2,2H3,(H,12,13). The van der Waals surface area contributed by atoms with E-state index in [1.807, 2.05) is 4.90 Å². The van der Waals surface area contributed by atoms with Crippen molar-refractivity contribution in [2.45, 2.75) is 70.0 Å². The molecule has 0 saturated carbocycles. The molecule has 3 aliphatic heterocycles. The molecule has 306 valence electrons. The summed E-state index contributed by atoms with van der Waals surface area (Å²) in [6, 6.07) is 9.98. The maximum Gasteiger partial charge on any atom is 0.319 e. The highest BCUT2D eigenvalue weighted by Crippen LogP contribution is 2.40. The van der Waals surface area contributed by atoms with Gasteiger partial charge in [0.15, 0.2) is 5.82 Å². The van der Waals surface area contributed by atoms with Gasteiger partial charge in [-0.3, -0.25) is 19.5 Å². The number of aryl methyl sites for hydroxylation is 1. The summed E-state index contributed by atoms with van der Waals surface area (Å²) < 4.78 is 50.8. The lowest BCUT2D eigenvalue weighted by Gasteiger charge is -2.40. The van der Waals surface area contributed by atoms with Crippen LogP contribution >= 0.6 is 0 Å². The van der Waals surface area contributed by atoms with Crippen molar-refractivity contribution >= 4 is 45.5 Å². The number of rotatable bonds is 10. The molecule has 14 heteroatoms. The number of piperazine rings is 1. The van der Waals surface area contributed by atoms with E-state index in [1.54, 1.807) is 13.0 Å². The number of aromatic nitrogens is 3. The Labute approximate surface area is 340 Å². The van der Waals surface area contributed by atoms with Gasteiger partial charge in [-0.05, 0) is 106 Å². The Morgan fingerprint density at radius 1 is 1.12 bits per heavy atom. The first kappa shape index (κ1) is 41.0. The zero-order valence-electron chi connectivity index (χ0n) is 33.3. The van der Waals surface area contributed by atoms with Crippen molar-refractivity contribution in [1.29, 1.82) is 0 Å². The molecule has 0 spiro atoms. The van der Waals surface area contributed by atoms with E-state index in [1.165, 1.54) is 48.7 Å². The Bertz CT molecular complexity index is 2480. The molecular formula is C45H46F3N7O4. The number of halogens is 3. The molecule has 2 N–H and O–H groups in total. The lowest BCUT2D eigenvalue weighted by Crippen LogP contribution is -2.53. The number of nitrogens with one attached hydrogen (secondary N) is 1. The molecule has 0 aliphatic carbocycles. The third-order valence-corrected chi connectivity index (χ3v) is 11.8. The predicted molar refractivity (Wildman–Crippen MR) is 222 cm³/mol. The van der Waals surface area contributed by atoms with E-state index in [9.17, 15) is 23.5 Å². The van der Waals surface area contributed by atoms with Crippen LogP contribution < -0.4 is 15.0 Å². The number of likely N-dealkylation sites (tertiary alicyclic amines) is 1. The smallest absolute Gasteiger partial charge is 0.319 e. The maximum absolute atomic E-state index is 16.8. The highest BCUT2D eigenvalue weighted by atomic mass is 19.1. The highest BCUT2D eigenvalue weighted by molar-refractivity contribution is 6.03. The van der Waals surface area contributed by atoms with Crippen LogP contribution in [-0.4, -0.2) is 93.1 Å². The number of carbonyl (C=O) groups is 2. The summed E-state index contributed by atoms with van der Waals surface area (Å²) in [6.45, 7) is 9.50. The number of nitrogens with zero attached hydrogens (tertiary/aromatic N) is 6. The molecule has 3 aromatic carbocycles. The van der Waals surface area contributed by atoms with E-state index in [-0.39, 0.29) is 68.8 Å². The summed E-state index contributed by atoms with van der Waals surface area (Å²) in [5.41, 5.74) is 0.874. The van der Waals surface area contributed by atoms with Crippen molar-refractivity contribution < 1.29 is 32.6 Å². The number of anilines is 2. The third-order valence-electron chi connectivity index (χ3n) is 11.8. The van der Waals surface area contributed by atoms with Gasteiger partial charge >= 0.3 is 6.01 Å². The minimum atomic E-state index is -0.763. The molecule has 5 heterocycles. The summed E-state index contributed by atoms with van der Waals surface area (Å²) in [7, 11) is 2.10. The molecule has 3 atom stereocenters. The molecule has 3 fully saturated rings. The van der Waals surface area contributed by atoms with Gasteiger partial charge in [-0.2, -0.15) is 9.97 Å². The molecule has 3 unspecified atom stereocenters. The second-order valence-electron chi connectivity index (χ2n) is 15.5. The number of pyridine rings is 1. The zero-order chi connectivity index (χ0) is 42.0. The Kier molecular flexibility index (Phi) is 11.8. The molecule has 2 amide bonds. The molecule has 8 rings (SSSR count). The number of carbonyl (C=O) groups excluding carboxylic acids is 2. The van der Waals surface area contributed by atoms with Crippen LogP contribution in [0.2, 0.25) is 0 Å². The van der Waals surface area contributed by atoms with Crippen LogP contribution in [0.5, 0.6) is 11.8 Å². The number of phenols is 1. The van der Waals surface area contributed by atoms with Crippen molar-refractivity contribution in [3.05, 3.63) is 89.9 Å². The maximum atomic E-state index is 16.8. The number of phenolic OH excluding ortho intramolecular Hbond substituents is 1. The first-order valence-electron chi connectivity index (χ1n) is 19.7. The number of fused-ring (bicyclic) bond motifs is 4. The number of ether oxygens (including phenoxy) is 1. The van der Waals surface area contributed by atoms with Crippen LogP contribution in [0.4, 0.5) is 24.7 Å². The van der Waals surface area contributed by atoms with Crippen molar-refractivity contribution in [2.24, 2.45) is 0 Å². The first-order valence-corrected chi connectivity index (χ1v) is 19.7. The second-order valence-corrected chi connectivity index (χ2v) is 15.5. The molecule has 3 aliphatic rings. The first-order chi connectivity index (χ1) is 28.4. The quantitative estimate of drug-likeness (QED) is 0.0839. The van der Waals surface area contributed by atoms with Crippen LogP contribution in [0.15, 0.2) is 61.3 Å². The second kappa shape index (κ2) is 17.0. The summed E-state index contributed by atoms with van der Waals surface area (Å²) >= 11 is 0. The minimum absolute atomic E-state index is 0.00497. The van der Waals surface area contributed by atoms with Gasteiger partial charge in [0.1, 0.15) is 41.0 Å². The normalized spacial score (nSPS) is 19.9. The van der Waals surface area contributed by atoms with E-state index in [0.29, 0.717) is 47.5 Å². The summed E-state index contributed by atoms with van der Waals surface area (Å²) in [4.78, 5) is 42.9. The molecule has 5 aromatic rings. The zero-order valence-corrected chi connectivity index (χ0v) is 33.3. The molecular weight excluding hydrogens is 760 g/mol. The van der Waals surface area contributed by atoms with Gasteiger partial charge in [0.05, 0.1) is 16.5 Å². The lowest BCUT2D eigenvalue weighted by atomic mass is 9.92. The minimum Gasteiger partial charge on any atom is -0.508 e. The monoisotopic (exact) mass is 805 g/mol. The van der Waals surface area contributed by atoms with E-state index >= 15 is 4.39 Å². The van der Waals surface area contributed by atoms with Crippen LogP contribution in [0.3, 0.4) is 0 Å². The summed E-state index contributed by atoms with van der Waals surface area (Å²) in [5.74, 6) is 0.744. The Morgan fingerprint density at radius 2 is 1.86 bits per heavy atom. The van der Waals surface area contributed by atoms with Gasteiger partial charge in [0, 0.05) is 48.0 Å². The number of likely N-dealkylation sites (N-methyl/N-ethyl adjacent to an activating group) is 1. The summed E-state index contributed by atoms with van der Waals surface area (Å²) in [5, 5.41) is 14.2. The van der Waals surface area contributed by atoms with Gasteiger partial charge in [0.2, 0.25) is 12.3 Å². The van der Waals surface area contributed by atoms with Gasteiger partial charge in [-0.25, -0.2) is 13.2 Å². The SMILES string of the molecule is C#Cc1c(F)ccc2cc(O)cc(-c3ncc4c(N5CC6CCC(C5)N6C=O)nc(OCC5(CCC)CCCN5C)nc4c3F)c12.C=CC(=O)Nc1ccc(F)c(C)c1. The van der Waals surface area contributed by atoms with Crippen molar-refractivity contribution in [1.82, 2.24) is 24.8 Å². The van der Waals surface area contributed by atoms with Crippen molar-refractivity contribution in [3.63, 3.8) is 0 Å². The Hall–Kier alpha value is -6.20. The van der Waals surface area contributed by atoms with Gasteiger partial charge in [-0.1, -0.05) is 31.9 Å². The number of hydrogen-bond donors (Lipinski definition) is 2. The van der Waals surface area contributed by atoms with E-state index in [0.717, 1.165) is 51.5 Å². The average molecular weight is 806 g/mol. The van der Waals surface area contributed by atoms with Crippen LogP contribution in [0.1, 0.15) is 56.6 Å². The molecule has 0 radical (unpaired) electrons. The molecule has 3 saturated heterocycles. The molecule has 59 heavy (non-hydrogen) atoms. The number of terminal acetylenes is 1. The molecule has 2 aromatic heterocycles. The Morgan fingerprint density at radius 3 is 2.51 bits per heavy atom. The Balaban J connectivity index is 0.000000348. The van der Waals surface area contributed by atoms with E-state index in [2.05, 4.69) is 51.6 Å². The third kappa shape index (κ3) is 7.99.